The Morgan fingerprint density at radius 3 is 2.71 bits per heavy atom. The van der Waals surface area contributed by atoms with Crippen molar-refractivity contribution < 1.29 is 4.79 Å². The molecule has 1 aromatic heterocycles. The van der Waals surface area contributed by atoms with Crippen molar-refractivity contribution in [2.24, 2.45) is 0 Å². The fraction of sp³-hybridized carbons (Fsp3) is 0.727. The predicted octanol–water partition coefficient (Wildman–Crippen LogP) is 2.48. The summed E-state index contributed by atoms with van der Waals surface area (Å²) in [5.41, 5.74) is 3.10. The summed E-state index contributed by atoms with van der Waals surface area (Å²) < 4.78 is 2.01. The number of amides is 1. The van der Waals surface area contributed by atoms with Crippen LogP contribution in [0.2, 0.25) is 0 Å². The lowest BCUT2D eigenvalue weighted by Crippen LogP contribution is -2.41. The molecule has 28 heavy (non-hydrogen) atoms. The van der Waals surface area contributed by atoms with E-state index >= 15 is 0 Å². The molecule has 2 aliphatic rings. The summed E-state index contributed by atoms with van der Waals surface area (Å²) in [5, 5.41) is 8.47. The average molecular weight is 388 g/mol. The molecule has 0 aromatic carbocycles. The summed E-state index contributed by atoms with van der Waals surface area (Å²) in [7, 11) is 0. The molecule has 0 radical (unpaired) electrons. The van der Waals surface area contributed by atoms with Crippen LogP contribution in [-0.2, 0) is 19.4 Å². The Morgan fingerprint density at radius 2 is 2.04 bits per heavy atom. The second kappa shape index (κ2) is 10.2. The minimum atomic E-state index is 0.127. The lowest BCUT2D eigenvalue weighted by Gasteiger charge is -2.28. The maximum absolute atomic E-state index is 13.2. The van der Waals surface area contributed by atoms with Crippen molar-refractivity contribution in [2.75, 3.05) is 39.3 Å². The zero-order chi connectivity index (χ0) is 19.9. The van der Waals surface area contributed by atoms with Gasteiger partial charge in [0.15, 0.2) is 5.69 Å². The van der Waals surface area contributed by atoms with Crippen LogP contribution in [0, 0.1) is 0 Å². The first kappa shape index (κ1) is 21.1. The molecular weight excluding hydrogens is 350 g/mol. The molecule has 1 saturated heterocycles. The molecule has 1 amide bonds. The molecule has 6 heteroatoms. The van der Waals surface area contributed by atoms with Crippen molar-refractivity contribution in [1.82, 2.24) is 24.9 Å². The van der Waals surface area contributed by atoms with Gasteiger partial charge in [0.2, 0.25) is 0 Å². The smallest absolute Gasteiger partial charge is 0.274 e. The van der Waals surface area contributed by atoms with Gasteiger partial charge in [-0.15, -0.1) is 6.58 Å². The van der Waals surface area contributed by atoms with E-state index in [2.05, 4.69) is 30.6 Å². The highest BCUT2D eigenvalue weighted by molar-refractivity contribution is 5.94. The summed E-state index contributed by atoms with van der Waals surface area (Å²) in [5.74, 6) is 0.127. The van der Waals surface area contributed by atoms with Crippen molar-refractivity contribution in [2.45, 2.75) is 65.0 Å². The molecule has 2 heterocycles. The summed E-state index contributed by atoms with van der Waals surface area (Å²) in [6.45, 7) is 15.0. The maximum atomic E-state index is 13.2. The van der Waals surface area contributed by atoms with Crippen molar-refractivity contribution in [3.63, 3.8) is 0 Å². The summed E-state index contributed by atoms with van der Waals surface area (Å²) in [4.78, 5) is 17.6. The Bertz CT molecular complexity index is 658. The van der Waals surface area contributed by atoms with Crippen LogP contribution in [0.4, 0.5) is 0 Å². The van der Waals surface area contributed by atoms with Crippen molar-refractivity contribution in [1.29, 1.82) is 0 Å². The first-order valence-electron chi connectivity index (χ1n) is 11.1. The van der Waals surface area contributed by atoms with Crippen LogP contribution in [0.5, 0.6) is 0 Å². The number of likely N-dealkylation sites (N-methyl/N-ethyl adjacent to an activating group) is 1. The maximum Gasteiger partial charge on any atom is 0.274 e. The first-order chi connectivity index (χ1) is 13.7. The second-order valence-electron chi connectivity index (χ2n) is 8.02. The van der Waals surface area contributed by atoms with Gasteiger partial charge in [0.25, 0.3) is 5.91 Å². The Kier molecular flexibility index (Phi) is 7.68. The topological polar surface area (TPSA) is 53.4 Å². The number of nitrogens with one attached hydrogen (secondary N) is 1. The molecule has 1 aliphatic heterocycles. The molecular formula is C22H37N5O. The van der Waals surface area contributed by atoms with E-state index in [1.165, 1.54) is 17.7 Å². The van der Waals surface area contributed by atoms with Crippen molar-refractivity contribution in [3.05, 3.63) is 29.6 Å². The van der Waals surface area contributed by atoms with E-state index in [4.69, 9.17) is 5.10 Å². The van der Waals surface area contributed by atoms with Gasteiger partial charge >= 0.3 is 0 Å². The normalized spacial score (nSPS) is 19.7. The molecule has 0 saturated carbocycles. The Hall–Kier alpha value is -1.66. The van der Waals surface area contributed by atoms with Gasteiger partial charge in [-0.3, -0.25) is 9.48 Å². The van der Waals surface area contributed by atoms with Gasteiger partial charge in [0.05, 0.1) is 6.54 Å². The van der Waals surface area contributed by atoms with Gasteiger partial charge in [0.1, 0.15) is 0 Å². The van der Waals surface area contributed by atoms with Gasteiger partial charge in [-0.1, -0.05) is 19.9 Å². The van der Waals surface area contributed by atoms with Crippen LogP contribution >= 0.6 is 0 Å². The number of allylic oxidation sites excluding steroid dienone is 1. The quantitative estimate of drug-likeness (QED) is 0.662. The molecule has 1 aliphatic carbocycles. The Balaban J connectivity index is 1.71. The van der Waals surface area contributed by atoms with E-state index in [1.54, 1.807) is 0 Å². The number of rotatable bonds is 9. The van der Waals surface area contributed by atoms with E-state index < -0.39 is 0 Å². The Morgan fingerprint density at radius 1 is 1.29 bits per heavy atom. The summed E-state index contributed by atoms with van der Waals surface area (Å²) in [6.07, 6.45) is 8.30. The largest absolute Gasteiger partial charge is 0.337 e. The van der Waals surface area contributed by atoms with E-state index in [-0.39, 0.29) is 5.91 Å². The van der Waals surface area contributed by atoms with E-state index in [9.17, 15) is 4.79 Å². The SMILES string of the molecule is C=CCn1nc(C(=O)N2CCCCC2)c2c1CCC(NCCN(CC)CC)C2. The van der Waals surface area contributed by atoms with Crippen LogP contribution in [0.25, 0.3) is 0 Å². The molecule has 1 fully saturated rings. The monoisotopic (exact) mass is 387 g/mol. The molecule has 1 N–H and O–H groups in total. The van der Waals surface area contributed by atoms with Crippen molar-refractivity contribution >= 4 is 5.91 Å². The van der Waals surface area contributed by atoms with Crippen LogP contribution in [0.1, 0.15) is 61.3 Å². The molecule has 1 unspecified atom stereocenters. The van der Waals surface area contributed by atoms with Crippen LogP contribution < -0.4 is 5.32 Å². The van der Waals surface area contributed by atoms with E-state index in [0.717, 1.165) is 71.4 Å². The van der Waals surface area contributed by atoms with Gasteiger partial charge in [-0.25, -0.2) is 0 Å². The number of nitrogens with zero attached hydrogens (tertiary/aromatic N) is 4. The van der Waals surface area contributed by atoms with Crippen LogP contribution in [0.15, 0.2) is 12.7 Å². The third-order valence-corrected chi connectivity index (χ3v) is 6.25. The van der Waals surface area contributed by atoms with Crippen LogP contribution in [-0.4, -0.2) is 70.8 Å². The number of hydrogen-bond acceptors (Lipinski definition) is 4. The van der Waals surface area contributed by atoms with E-state index in [1.807, 2.05) is 15.7 Å². The summed E-state index contributed by atoms with van der Waals surface area (Å²) in [6, 6.07) is 0.428. The third kappa shape index (κ3) is 4.84. The number of carbonyl (C=O) groups excluding carboxylic acids is 1. The van der Waals surface area contributed by atoms with E-state index in [0.29, 0.717) is 18.3 Å². The standard InChI is InChI=1S/C22H37N5O/c1-4-13-27-20-11-10-18(23-12-16-25(5-2)6-3)17-19(20)21(24-27)22(28)26-14-8-7-9-15-26/h4,18,23H,1,5-17H2,2-3H3. The number of fused-ring (bicyclic) bond motifs is 1. The zero-order valence-electron chi connectivity index (χ0n) is 17.8. The first-order valence-corrected chi connectivity index (χ1v) is 11.1. The molecule has 156 valence electrons. The highest BCUT2D eigenvalue weighted by atomic mass is 16.2. The molecule has 1 aromatic rings. The molecule has 0 bridgehead atoms. The lowest BCUT2D eigenvalue weighted by atomic mass is 9.91. The van der Waals surface area contributed by atoms with Gasteiger partial charge in [-0.05, 0) is 51.6 Å². The number of piperidine rings is 1. The molecule has 1 atom stereocenters. The minimum absolute atomic E-state index is 0.127. The summed E-state index contributed by atoms with van der Waals surface area (Å²) >= 11 is 0. The highest BCUT2D eigenvalue weighted by Crippen LogP contribution is 2.27. The van der Waals surface area contributed by atoms with Gasteiger partial charge < -0.3 is 15.1 Å². The van der Waals surface area contributed by atoms with Crippen molar-refractivity contribution in [3.8, 4) is 0 Å². The number of hydrogen-bond donors (Lipinski definition) is 1. The fourth-order valence-electron chi connectivity index (χ4n) is 4.52. The highest BCUT2D eigenvalue weighted by Gasteiger charge is 2.31. The third-order valence-electron chi connectivity index (χ3n) is 6.25. The average Bonchev–Trinajstić information content (AvgIpc) is 3.09. The molecule has 6 nitrogen and oxygen atoms in total. The zero-order valence-corrected chi connectivity index (χ0v) is 17.8. The van der Waals surface area contributed by atoms with Gasteiger partial charge in [-0.2, -0.15) is 5.10 Å². The number of aromatic nitrogens is 2. The molecule has 0 spiro atoms. The molecule has 3 rings (SSSR count). The fourth-order valence-corrected chi connectivity index (χ4v) is 4.52. The Labute approximate surface area is 170 Å². The van der Waals surface area contributed by atoms with Crippen LogP contribution in [0.3, 0.4) is 0 Å². The number of likely N-dealkylation sites (tertiary alicyclic amines) is 1. The second-order valence-corrected chi connectivity index (χ2v) is 8.02. The lowest BCUT2D eigenvalue weighted by molar-refractivity contribution is 0.0716. The predicted molar refractivity (Wildman–Crippen MR) is 114 cm³/mol. The van der Waals surface area contributed by atoms with Gasteiger partial charge in [0, 0.05) is 43.5 Å². The minimum Gasteiger partial charge on any atom is -0.337 e. The number of carbonyl (C=O) groups is 1.